The van der Waals surface area contributed by atoms with E-state index in [4.69, 9.17) is 0 Å². The fraction of sp³-hybridized carbons (Fsp3) is 0.684. The lowest BCUT2D eigenvalue weighted by Gasteiger charge is -2.49. The highest BCUT2D eigenvalue weighted by Gasteiger charge is 2.51. The van der Waals surface area contributed by atoms with Crippen molar-refractivity contribution < 1.29 is 9.59 Å². The number of aromatic nitrogens is 2. The van der Waals surface area contributed by atoms with Crippen molar-refractivity contribution in [1.82, 2.24) is 19.8 Å². The highest BCUT2D eigenvalue weighted by Crippen LogP contribution is 2.50. The topological polar surface area (TPSA) is 69.6 Å². The van der Waals surface area contributed by atoms with Gasteiger partial charge in [0.1, 0.15) is 18.2 Å². The standard InChI is InChI=1S/C19H27N5O2/c1-14(25)24-8-3-4-16(24)18(26)23-9-6-19(12-23)10-15(11-19)22(2)17-5-7-20-13-21-17/h5,7,13,15-16H,3-4,6,8-12H2,1-2H3. The predicted molar refractivity (Wildman–Crippen MR) is 97.5 cm³/mol. The van der Waals surface area contributed by atoms with Gasteiger partial charge in [-0.3, -0.25) is 9.59 Å². The fourth-order valence-electron chi connectivity index (χ4n) is 4.96. The number of hydrogen-bond donors (Lipinski definition) is 0. The van der Waals surface area contributed by atoms with Crippen LogP contribution in [0, 0.1) is 5.41 Å². The summed E-state index contributed by atoms with van der Waals surface area (Å²) in [5, 5.41) is 0. The Hall–Kier alpha value is -2.18. The fourth-order valence-corrected chi connectivity index (χ4v) is 4.96. The third-order valence-corrected chi connectivity index (χ3v) is 6.51. The highest BCUT2D eigenvalue weighted by molar-refractivity contribution is 5.87. The summed E-state index contributed by atoms with van der Waals surface area (Å²) in [5.74, 6) is 1.13. The van der Waals surface area contributed by atoms with Gasteiger partial charge in [0.05, 0.1) is 0 Å². The van der Waals surface area contributed by atoms with Crippen molar-refractivity contribution in [3.8, 4) is 0 Å². The van der Waals surface area contributed by atoms with E-state index in [-0.39, 0.29) is 23.3 Å². The maximum absolute atomic E-state index is 12.9. The van der Waals surface area contributed by atoms with Crippen molar-refractivity contribution in [2.24, 2.45) is 5.41 Å². The first-order valence-corrected chi connectivity index (χ1v) is 9.54. The second kappa shape index (κ2) is 6.52. The van der Waals surface area contributed by atoms with Gasteiger partial charge in [0.2, 0.25) is 11.8 Å². The SMILES string of the molecule is CC(=O)N1CCCC1C(=O)N1CCC2(CC(N(C)c3ccncn3)C2)C1. The molecular formula is C19H27N5O2. The van der Waals surface area contributed by atoms with Gasteiger partial charge in [0.15, 0.2) is 0 Å². The molecule has 0 bridgehead atoms. The number of likely N-dealkylation sites (tertiary alicyclic amines) is 2. The van der Waals surface area contributed by atoms with E-state index in [9.17, 15) is 9.59 Å². The van der Waals surface area contributed by atoms with Crippen molar-refractivity contribution in [3.63, 3.8) is 0 Å². The summed E-state index contributed by atoms with van der Waals surface area (Å²) in [5.41, 5.74) is 0.251. The van der Waals surface area contributed by atoms with Crippen molar-refractivity contribution in [1.29, 1.82) is 0 Å². The molecule has 2 saturated heterocycles. The van der Waals surface area contributed by atoms with Gasteiger partial charge in [-0.15, -0.1) is 0 Å². The van der Waals surface area contributed by atoms with Crippen LogP contribution >= 0.6 is 0 Å². The summed E-state index contributed by atoms with van der Waals surface area (Å²) >= 11 is 0. The van der Waals surface area contributed by atoms with Crippen LogP contribution in [0.3, 0.4) is 0 Å². The summed E-state index contributed by atoms with van der Waals surface area (Å²) in [6.07, 6.45) is 8.35. The Balaban J connectivity index is 1.35. The zero-order valence-corrected chi connectivity index (χ0v) is 15.6. The first-order valence-electron chi connectivity index (χ1n) is 9.54. The number of amides is 2. The molecule has 7 heteroatoms. The average molecular weight is 357 g/mol. The van der Waals surface area contributed by atoms with E-state index in [2.05, 4.69) is 21.9 Å². The zero-order valence-electron chi connectivity index (χ0n) is 15.6. The average Bonchev–Trinajstić information content (AvgIpc) is 3.27. The molecule has 1 unspecified atom stereocenters. The first-order chi connectivity index (χ1) is 12.5. The molecule has 26 heavy (non-hydrogen) atoms. The molecule has 7 nitrogen and oxygen atoms in total. The number of hydrogen-bond acceptors (Lipinski definition) is 5. The van der Waals surface area contributed by atoms with Gasteiger partial charge >= 0.3 is 0 Å². The van der Waals surface area contributed by atoms with E-state index in [1.807, 2.05) is 11.0 Å². The highest BCUT2D eigenvalue weighted by atomic mass is 16.2. The lowest BCUT2D eigenvalue weighted by atomic mass is 9.64. The summed E-state index contributed by atoms with van der Waals surface area (Å²) in [6.45, 7) is 3.94. The largest absolute Gasteiger partial charge is 0.357 e. The van der Waals surface area contributed by atoms with Crippen LogP contribution in [-0.4, -0.2) is 70.3 Å². The first kappa shape index (κ1) is 17.2. The maximum atomic E-state index is 12.9. The number of carbonyl (C=O) groups is 2. The molecular weight excluding hydrogens is 330 g/mol. The smallest absolute Gasteiger partial charge is 0.245 e. The minimum Gasteiger partial charge on any atom is -0.357 e. The van der Waals surface area contributed by atoms with Crippen LogP contribution in [0.15, 0.2) is 18.6 Å². The van der Waals surface area contributed by atoms with Crippen molar-refractivity contribution >= 4 is 17.6 Å². The normalized spacial score (nSPS) is 30.5. The second-order valence-electron chi connectivity index (χ2n) is 8.12. The molecule has 0 aromatic carbocycles. The van der Waals surface area contributed by atoms with Crippen molar-refractivity contribution in [2.75, 3.05) is 31.6 Å². The molecule has 3 heterocycles. The number of rotatable bonds is 3. The third-order valence-electron chi connectivity index (χ3n) is 6.51. The van der Waals surface area contributed by atoms with Crippen molar-refractivity contribution in [3.05, 3.63) is 18.6 Å². The van der Waals surface area contributed by atoms with E-state index in [0.717, 1.165) is 57.6 Å². The van der Waals surface area contributed by atoms with E-state index < -0.39 is 0 Å². The predicted octanol–water partition coefficient (Wildman–Crippen LogP) is 1.30. The van der Waals surface area contributed by atoms with Crippen LogP contribution in [0.2, 0.25) is 0 Å². The Morgan fingerprint density at radius 2 is 2.12 bits per heavy atom. The Labute approximate surface area is 154 Å². The molecule has 0 N–H and O–H groups in total. The molecule has 1 atom stereocenters. The quantitative estimate of drug-likeness (QED) is 0.816. The molecule has 2 amide bonds. The molecule has 4 rings (SSSR count). The van der Waals surface area contributed by atoms with Crippen LogP contribution < -0.4 is 4.90 Å². The number of carbonyl (C=O) groups excluding carboxylic acids is 2. The molecule has 140 valence electrons. The van der Waals surface area contributed by atoms with Crippen LogP contribution in [-0.2, 0) is 9.59 Å². The Kier molecular flexibility index (Phi) is 4.32. The van der Waals surface area contributed by atoms with Gasteiger partial charge in [-0.05, 0) is 43.6 Å². The third kappa shape index (κ3) is 2.93. The molecule has 1 saturated carbocycles. The monoisotopic (exact) mass is 357 g/mol. The second-order valence-corrected chi connectivity index (χ2v) is 8.12. The molecule has 2 aliphatic heterocycles. The summed E-state index contributed by atoms with van der Waals surface area (Å²) < 4.78 is 0. The van der Waals surface area contributed by atoms with E-state index in [0.29, 0.717) is 6.04 Å². The van der Waals surface area contributed by atoms with Gasteiger partial charge in [-0.2, -0.15) is 0 Å². The van der Waals surface area contributed by atoms with Crippen molar-refractivity contribution in [2.45, 2.75) is 51.1 Å². The molecule has 0 radical (unpaired) electrons. The molecule has 3 aliphatic rings. The lowest BCUT2D eigenvalue weighted by molar-refractivity contribution is -0.142. The molecule has 1 aromatic rings. The summed E-state index contributed by atoms with van der Waals surface area (Å²) in [4.78, 5) is 39.0. The Bertz CT molecular complexity index is 688. The Morgan fingerprint density at radius 3 is 2.81 bits per heavy atom. The summed E-state index contributed by atoms with van der Waals surface area (Å²) in [6, 6.07) is 2.17. The molecule has 1 aromatic heterocycles. The lowest BCUT2D eigenvalue weighted by Crippen LogP contribution is -2.52. The van der Waals surface area contributed by atoms with Crippen LogP contribution in [0.4, 0.5) is 5.82 Å². The minimum atomic E-state index is -0.234. The van der Waals surface area contributed by atoms with E-state index in [1.165, 1.54) is 0 Å². The molecule has 1 spiro atoms. The van der Waals surface area contributed by atoms with E-state index >= 15 is 0 Å². The Morgan fingerprint density at radius 1 is 1.31 bits per heavy atom. The van der Waals surface area contributed by atoms with Crippen LogP contribution in [0.5, 0.6) is 0 Å². The minimum absolute atomic E-state index is 0.0185. The van der Waals surface area contributed by atoms with Gasteiger partial charge in [0, 0.05) is 45.8 Å². The summed E-state index contributed by atoms with van der Waals surface area (Å²) in [7, 11) is 2.08. The van der Waals surface area contributed by atoms with Gasteiger partial charge in [0.25, 0.3) is 0 Å². The van der Waals surface area contributed by atoms with Gasteiger partial charge < -0.3 is 14.7 Å². The zero-order chi connectivity index (χ0) is 18.3. The van der Waals surface area contributed by atoms with E-state index in [1.54, 1.807) is 24.3 Å². The maximum Gasteiger partial charge on any atom is 0.245 e. The van der Waals surface area contributed by atoms with Gasteiger partial charge in [-0.25, -0.2) is 9.97 Å². The van der Waals surface area contributed by atoms with Crippen LogP contribution in [0.25, 0.3) is 0 Å². The van der Waals surface area contributed by atoms with Crippen LogP contribution in [0.1, 0.15) is 39.0 Å². The molecule has 3 fully saturated rings. The van der Waals surface area contributed by atoms with Gasteiger partial charge in [-0.1, -0.05) is 0 Å². The number of nitrogens with zero attached hydrogens (tertiary/aromatic N) is 5. The molecule has 1 aliphatic carbocycles. The number of anilines is 1.